The first kappa shape index (κ1) is 24.2. The van der Waals surface area contributed by atoms with E-state index >= 15 is 0 Å². The number of amides is 2. The molecule has 2 N–H and O–H groups in total. The highest BCUT2D eigenvalue weighted by atomic mass is 79.9. The Balaban J connectivity index is 1.67. The molecule has 1 atom stereocenters. The molecule has 7 nitrogen and oxygen atoms in total. The van der Waals surface area contributed by atoms with Gasteiger partial charge in [-0.25, -0.2) is 0 Å². The van der Waals surface area contributed by atoms with E-state index in [4.69, 9.17) is 0 Å². The van der Waals surface area contributed by atoms with E-state index in [1.54, 1.807) is 12.1 Å². The van der Waals surface area contributed by atoms with Crippen LogP contribution in [0.1, 0.15) is 39.6 Å². The Labute approximate surface area is 203 Å². The molecule has 3 rings (SSSR count). The molecule has 0 aliphatic rings. The van der Waals surface area contributed by atoms with Gasteiger partial charge in [-0.05, 0) is 71.4 Å². The molecule has 0 fully saturated rings. The SMILES string of the molecule is C=CCn1c(SCC(=O)Nc2cc(C)c(C)cc2Br)nnc1C(C)NC(=O)c1cccs1. The van der Waals surface area contributed by atoms with Gasteiger partial charge in [0.2, 0.25) is 5.91 Å². The molecular formula is C22H24BrN5O2S2. The number of hydrogen-bond donors (Lipinski definition) is 2. The number of nitrogens with zero attached hydrogens (tertiary/aromatic N) is 3. The van der Waals surface area contributed by atoms with Gasteiger partial charge in [0.05, 0.1) is 22.4 Å². The quantitative estimate of drug-likeness (QED) is 0.294. The molecule has 2 aromatic heterocycles. The van der Waals surface area contributed by atoms with E-state index in [1.807, 2.05) is 48.9 Å². The molecule has 1 unspecified atom stereocenters. The Bertz CT molecular complexity index is 1130. The molecule has 10 heteroatoms. The Morgan fingerprint density at radius 2 is 2.06 bits per heavy atom. The van der Waals surface area contributed by atoms with Crippen molar-refractivity contribution in [2.45, 2.75) is 38.5 Å². The summed E-state index contributed by atoms with van der Waals surface area (Å²) in [5.41, 5.74) is 2.98. The van der Waals surface area contributed by atoms with Gasteiger partial charge in [0.15, 0.2) is 11.0 Å². The van der Waals surface area contributed by atoms with Gasteiger partial charge in [0.1, 0.15) is 0 Å². The zero-order chi connectivity index (χ0) is 23.3. The van der Waals surface area contributed by atoms with Crippen LogP contribution in [-0.4, -0.2) is 32.3 Å². The number of carbonyl (C=O) groups is 2. The lowest BCUT2D eigenvalue weighted by Gasteiger charge is -2.15. The number of anilines is 1. The summed E-state index contributed by atoms with van der Waals surface area (Å²) in [4.78, 5) is 25.6. The number of hydrogen-bond acceptors (Lipinski definition) is 6. The molecule has 32 heavy (non-hydrogen) atoms. The number of nitrogens with one attached hydrogen (secondary N) is 2. The molecule has 0 bridgehead atoms. The lowest BCUT2D eigenvalue weighted by atomic mass is 10.1. The molecule has 3 aromatic rings. The number of halogens is 1. The second-order valence-corrected chi connectivity index (χ2v) is 9.91. The lowest BCUT2D eigenvalue weighted by Crippen LogP contribution is -2.28. The number of thiophene rings is 1. The smallest absolute Gasteiger partial charge is 0.261 e. The minimum atomic E-state index is -0.355. The summed E-state index contributed by atoms with van der Waals surface area (Å²) in [6.07, 6.45) is 1.73. The molecule has 1 aromatic carbocycles. The lowest BCUT2D eigenvalue weighted by molar-refractivity contribution is -0.113. The van der Waals surface area contributed by atoms with Crippen LogP contribution in [-0.2, 0) is 11.3 Å². The van der Waals surface area contributed by atoms with Crippen molar-refractivity contribution in [3.05, 3.63) is 68.6 Å². The van der Waals surface area contributed by atoms with E-state index in [0.717, 1.165) is 21.3 Å². The van der Waals surface area contributed by atoms with E-state index in [0.29, 0.717) is 22.4 Å². The minimum absolute atomic E-state index is 0.146. The van der Waals surface area contributed by atoms with Gasteiger partial charge in [-0.1, -0.05) is 23.9 Å². The van der Waals surface area contributed by atoms with Gasteiger partial charge >= 0.3 is 0 Å². The third kappa shape index (κ3) is 5.87. The number of benzene rings is 1. The summed E-state index contributed by atoms with van der Waals surface area (Å²) >= 11 is 6.16. The maximum absolute atomic E-state index is 12.5. The number of aromatic nitrogens is 3. The van der Waals surface area contributed by atoms with Crippen molar-refractivity contribution < 1.29 is 9.59 Å². The minimum Gasteiger partial charge on any atom is -0.342 e. The third-order valence-corrected chi connectivity index (χ3v) is 7.22. The summed E-state index contributed by atoms with van der Waals surface area (Å²) in [5.74, 6) is 0.473. The Hall–Kier alpha value is -2.43. The van der Waals surface area contributed by atoms with Gasteiger partial charge in [0.25, 0.3) is 5.91 Å². The molecule has 0 spiro atoms. The molecule has 2 amide bonds. The largest absolute Gasteiger partial charge is 0.342 e. The van der Waals surface area contributed by atoms with Crippen LogP contribution in [0.4, 0.5) is 5.69 Å². The van der Waals surface area contributed by atoms with Crippen molar-refractivity contribution in [2.75, 3.05) is 11.1 Å². The van der Waals surface area contributed by atoms with E-state index in [-0.39, 0.29) is 23.6 Å². The van der Waals surface area contributed by atoms with Gasteiger partial charge in [-0.3, -0.25) is 9.59 Å². The van der Waals surface area contributed by atoms with Crippen LogP contribution in [0.5, 0.6) is 0 Å². The van der Waals surface area contributed by atoms with Crippen LogP contribution in [0.2, 0.25) is 0 Å². The zero-order valence-corrected chi connectivity index (χ0v) is 21.2. The topological polar surface area (TPSA) is 88.9 Å². The molecule has 0 saturated carbocycles. The van der Waals surface area contributed by atoms with Crippen molar-refractivity contribution in [1.29, 1.82) is 0 Å². The Kier molecular flexibility index (Phi) is 8.27. The Morgan fingerprint density at radius 3 is 2.75 bits per heavy atom. The molecule has 168 valence electrons. The second kappa shape index (κ2) is 10.9. The average Bonchev–Trinajstić information content (AvgIpc) is 3.41. The highest BCUT2D eigenvalue weighted by molar-refractivity contribution is 9.10. The summed E-state index contributed by atoms with van der Waals surface area (Å²) < 4.78 is 2.70. The first-order valence-corrected chi connectivity index (χ1v) is 12.5. The van der Waals surface area contributed by atoms with Crippen LogP contribution in [0.3, 0.4) is 0 Å². The van der Waals surface area contributed by atoms with E-state index in [2.05, 4.69) is 43.3 Å². The average molecular weight is 535 g/mol. The van der Waals surface area contributed by atoms with Gasteiger partial charge < -0.3 is 15.2 Å². The third-order valence-electron chi connectivity index (χ3n) is 4.73. The highest BCUT2D eigenvalue weighted by Crippen LogP contribution is 2.27. The predicted molar refractivity (Wildman–Crippen MR) is 133 cm³/mol. The number of carbonyl (C=O) groups excluding carboxylic acids is 2. The Morgan fingerprint density at radius 1 is 1.31 bits per heavy atom. The van der Waals surface area contributed by atoms with Gasteiger partial charge in [-0.2, -0.15) is 0 Å². The maximum atomic E-state index is 12.5. The van der Waals surface area contributed by atoms with E-state index in [1.165, 1.54) is 23.1 Å². The molecular weight excluding hydrogens is 510 g/mol. The maximum Gasteiger partial charge on any atom is 0.261 e. The first-order chi connectivity index (χ1) is 15.3. The number of thioether (sulfide) groups is 1. The molecule has 2 heterocycles. The van der Waals surface area contributed by atoms with Crippen molar-refractivity contribution >= 4 is 56.5 Å². The van der Waals surface area contributed by atoms with Crippen molar-refractivity contribution in [3.8, 4) is 0 Å². The second-order valence-electron chi connectivity index (χ2n) is 7.17. The number of aryl methyl sites for hydroxylation is 2. The first-order valence-electron chi connectivity index (χ1n) is 9.88. The van der Waals surface area contributed by atoms with Crippen LogP contribution in [0.25, 0.3) is 0 Å². The summed E-state index contributed by atoms with van der Waals surface area (Å²) in [7, 11) is 0. The normalized spacial score (nSPS) is 11.8. The van der Waals surface area contributed by atoms with Crippen molar-refractivity contribution in [1.82, 2.24) is 20.1 Å². The fraction of sp³-hybridized carbons (Fsp3) is 0.273. The number of rotatable bonds is 9. The summed E-state index contributed by atoms with van der Waals surface area (Å²) in [6.45, 7) is 10.1. The van der Waals surface area contributed by atoms with Crippen LogP contribution in [0, 0.1) is 13.8 Å². The van der Waals surface area contributed by atoms with Crippen LogP contribution in [0.15, 0.2) is 51.9 Å². The molecule has 0 aliphatic heterocycles. The number of allylic oxidation sites excluding steroid dienone is 1. The molecule has 0 radical (unpaired) electrons. The van der Waals surface area contributed by atoms with E-state index < -0.39 is 0 Å². The summed E-state index contributed by atoms with van der Waals surface area (Å²) in [5, 5.41) is 16.8. The standard InChI is InChI=1S/C22H24BrN5O2S2/c1-5-8-28-20(15(4)24-21(30)18-7-6-9-31-18)26-27-22(28)32-12-19(29)25-17-11-14(3)13(2)10-16(17)23/h5-7,9-11,15H,1,8,12H2,2-4H3,(H,24,30)(H,25,29). The van der Waals surface area contributed by atoms with Crippen molar-refractivity contribution in [3.63, 3.8) is 0 Å². The molecule has 0 aliphatic carbocycles. The summed E-state index contributed by atoms with van der Waals surface area (Å²) in [6, 6.07) is 7.18. The highest BCUT2D eigenvalue weighted by Gasteiger charge is 2.21. The zero-order valence-electron chi connectivity index (χ0n) is 18.0. The predicted octanol–water partition coefficient (Wildman–Crippen LogP) is 5.13. The van der Waals surface area contributed by atoms with Crippen molar-refractivity contribution in [2.24, 2.45) is 0 Å². The monoisotopic (exact) mass is 533 g/mol. The fourth-order valence-electron chi connectivity index (χ4n) is 2.96. The van der Waals surface area contributed by atoms with E-state index in [9.17, 15) is 9.59 Å². The fourth-order valence-corrected chi connectivity index (χ4v) is 4.90. The van der Waals surface area contributed by atoms with Gasteiger partial charge in [-0.15, -0.1) is 28.1 Å². The van der Waals surface area contributed by atoms with Crippen LogP contribution >= 0.6 is 39.0 Å². The van der Waals surface area contributed by atoms with Gasteiger partial charge in [0, 0.05) is 11.0 Å². The molecule has 0 saturated heterocycles. The van der Waals surface area contributed by atoms with Crippen LogP contribution < -0.4 is 10.6 Å².